The molecular formula is C24H22N2O6. The lowest BCUT2D eigenvalue weighted by Gasteiger charge is -2.12. The summed E-state index contributed by atoms with van der Waals surface area (Å²) in [6, 6.07) is 14.6. The molecule has 0 saturated heterocycles. The quantitative estimate of drug-likeness (QED) is 0.411. The third-order valence-electron chi connectivity index (χ3n) is 4.48. The number of amides is 2. The van der Waals surface area contributed by atoms with Gasteiger partial charge in [-0.3, -0.25) is 14.4 Å². The number of furan rings is 1. The summed E-state index contributed by atoms with van der Waals surface area (Å²) in [7, 11) is 3.02. The summed E-state index contributed by atoms with van der Waals surface area (Å²) in [5.74, 6) is -0.262. The van der Waals surface area contributed by atoms with Crippen molar-refractivity contribution in [1.29, 1.82) is 0 Å². The van der Waals surface area contributed by atoms with E-state index in [0.29, 0.717) is 28.3 Å². The van der Waals surface area contributed by atoms with Crippen LogP contribution in [0.15, 0.2) is 71.0 Å². The van der Waals surface area contributed by atoms with E-state index >= 15 is 0 Å². The lowest BCUT2D eigenvalue weighted by Crippen LogP contribution is -2.30. The SMILES string of the molecule is COc1ccc(/C=C(/NC(=O)c2ccco2)C(=O)Nc2cccc(C(C)=O)c2)cc1OC. The Morgan fingerprint density at radius 2 is 1.72 bits per heavy atom. The molecule has 2 aromatic carbocycles. The summed E-state index contributed by atoms with van der Waals surface area (Å²) < 4.78 is 15.6. The maximum atomic E-state index is 13.0. The first-order chi connectivity index (χ1) is 15.4. The molecule has 164 valence electrons. The van der Waals surface area contributed by atoms with Crippen LogP contribution < -0.4 is 20.1 Å². The van der Waals surface area contributed by atoms with Crippen LogP contribution in [-0.2, 0) is 4.79 Å². The van der Waals surface area contributed by atoms with Gasteiger partial charge in [-0.1, -0.05) is 18.2 Å². The van der Waals surface area contributed by atoms with E-state index in [1.165, 1.54) is 39.5 Å². The highest BCUT2D eigenvalue weighted by atomic mass is 16.5. The highest BCUT2D eigenvalue weighted by molar-refractivity contribution is 6.10. The Hall–Kier alpha value is -4.33. The molecule has 0 aliphatic rings. The van der Waals surface area contributed by atoms with Gasteiger partial charge in [0.2, 0.25) is 0 Å². The van der Waals surface area contributed by atoms with Crippen molar-refractivity contribution in [2.75, 3.05) is 19.5 Å². The van der Waals surface area contributed by atoms with E-state index in [1.54, 1.807) is 48.5 Å². The Morgan fingerprint density at radius 1 is 0.938 bits per heavy atom. The van der Waals surface area contributed by atoms with Crippen molar-refractivity contribution in [3.05, 3.63) is 83.4 Å². The van der Waals surface area contributed by atoms with Gasteiger partial charge in [-0.25, -0.2) is 0 Å². The molecule has 0 aliphatic carbocycles. The molecule has 3 rings (SSSR count). The standard InChI is InChI=1S/C24H22N2O6/c1-15(27)17-6-4-7-18(14-17)25-23(28)19(26-24(29)21-8-5-11-32-21)12-16-9-10-20(30-2)22(13-16)31-3/h4-14H,1-3H3,(H,25,28)(H,26,29)/b19-12+. The lowest BCUT2D eigenvalue weighted by atomic mass is 10.1. The summed E-state index contributed by atoms with van der Waals surface area (Å²) in [5.41, 5.74) is 1.41. The number of methoxy groups -OCH3 is 2. The van der Waals surface area contributed by atoms with Gasteiger partial charge < -0.3 is 24.5 Å². The normalized spacial score (nSPS) is 10.9. The Balaban J connectivity index is 1.93. The van der Waals surface area contributed by atoms with E-state index in [4.69, 9.17) is 13.9 Å². The van der Waals surface area contributed by atoms with Crippen molar-refractivity contribution in [2.24, 2.45) is 0 Å². The second kappa shape index (κ2) is 10.1. The van der Waals surface area contributed by atoms with Crippen molar-refractivity contribution in [1.82, 2.24) is 5.32 Å². The zero-order chi connectivity index (χ0) is 23.1. The third-order valence-corrected chi connectivity index (χ3v) is 4.48. The molecule has 8 nitrogen and oxygen atoms in total. The Labute approximate surface area is 184 Å². The number of hydrogen-bond donors (Lipinski definition) is 2. The minimum absolute atomic E-state index is 0.0353. The van der Waals surface area contributed by atoms with Crippen LogP contribution in [0.5, 0.6) is 11.5 Å². The van der Waals surface area contributed by atoms with Gasteiger partial charge in [0.05, 0.1) is 20.5 Å². The van der Waals surface area contributed by atoms with E-state index in [9.17, 15) is 14.4 Å². The van der Waals surface area contributed by atoms with Gasteiger partial charge in [-0.2, -0.15) is 0 Å². The van der Waals surface area contributed by atoms with Crippen molar-refractivity contribution in [3.8, 4) is 11.5 Å². The predicted octanol–water partition coefficient (Wildman–Crippen LogP) is 3.91. The van der Waals surface area contributed by atoms with Crippen molar-refractivity contribution in [2.45, 2.75) is 6.92 Å². The molecule has 0 saturated carbocycles. The fraction of sp³-hybridized carbons (Fsp3) is 0.125. The second-order valence-corrected chi connectivity index (χ2v) is 6.69. The Kier molecular flexibility index (Phi) is 7.07. The zero-order valence-corrected chi connectivity index (χ0v) is 17.8. The Morgan fingerprint density at radius 3 is 2.38 bits per heavy atom. The first-order valence-corrected chi connectivity index (χ1v) is 9.62. The molecule has 32 heavy (non-hydrogen) atoms. The molecule has 0 atom stereocenters. The summed E-state index contributed by atoms with van der Waals surface area (Å²) in [4.78, 5) is 37.2. The minimum Gasteiger partial charge on any atom is -0.493 e. The van der Waals surface area contributed by atoms with Crippen LogP contribution in [0.1, 0.15) is 33.4 Å². The smallest absolute Gasteiger partial charge is 0.291 e. The number of carbonyl (C=O) groups is 3. The van der Waals surface area contributed by atoms with E-state index in [1.807, 2.05) is 0 Å². The largest absolute Gasteiger partial charge is 0.493 e. The molecule has 3 aromatic rings. The van der Waals surface area contributed by atoms with Gasteiger partial charge in [-0.15, -0.1) is 0 Å². The van der Waals surface area contributed by atoms with Crippen molar-refractivity contribution < 1.29 is 28.3 Å². The highest BCUT2D eigenvalue weighted by Crippen LogP contribution is 2.28. The van der Waals surface area contributed by atoms with Crippen LogP contribution in [-0.4, -0.2) is 31.8 Å². The molecule has 2 amide bonds. The molecule has 0 fully saturated rings. The van der Waals surface area contributed by atoms with Gasteiger partial charge in [-0.05, 0) is 55.0 Å². The molecule has 8 heteroatoms. The van der Waals surface area contributed by atoms with Gasteiger partial charge in [0.1, 0.15) is 5.70 Å². The fourth-order valence-electron chi connectivity index (χ4n) is 2.87. The van der Waals surface area contributed by atoms with Crippen LogP contribution in [0.25, 0.3) is 6.08 Å². The van der Waals surface area contributed by atoms with Gasteiger partial charge in [0.25, 0.3) is 11.8 Å². The number of ether oxygens (including phenoxy) is 2. The van der Waals surface area contributed by atoms with E-state index in [0.717, 1.165) is 0 Å². The molecular weight excluding hydrogens is 412 g/mol. The number of rotatable bonds is 8. The molecule has 2 N–H and O–H groups in total. The first kappa shape index (κ1) is 22.4. The van der Waals surface area contributed by atoms with E-state index in [-0.39, 0.29) is 17.2 Å². The maximum Gasteiger partial charge on any atom is 0.291 e. The molecule has 0 aliphatic heterocycles. The average Bonchev–Trinajstić information content (AvgIpc) is 3.33. The number of benzene rings is 2. The predicted molar refractivity (Wildman–Crippen MR) is 119 cm³/mol. The summed E-state index contributed by atoms with van der Waals surface area (Å²) in [5, 5.41) is 5.27. The minimum atomic E-state index is -0.589. The Bertz CT molecular complexity index is 1160. The summed E-state index contributed by atoms with van der Waals surface area (Å²) >= 11 is 0. The number of hydrogen-bond acceptors (Lipinski definition) is 6. The van der Waals surface area contributed by atoms with Crippen LogP contribution in [0.2, 0.25) is 0 Å². The lowest BCUT2D eigenvalue weighted by molar-refractivity contribution is -0.113. The van der Waals surface area contributed by atoms with Gasteiger partial charge in [0.15, 0.2) is 23.0 Å². The molecule has 1 aromatic heterocycles. The van der Waals surface area contributed by atoms with E-state index < -0.39 is 11.8 Å². The number of anilines is 1. The van der Waals surface area contributed by atoms with Crippen molar-refractivity contribution in [3.63, 3.8) is 0 Å². The number of carbonyl (C=O) groups excluding carboxylic acids is 3. The van der Waals surface area contributed by atoms with Crippen LogP contribution in [0, 0.1) is 0 Å². The topological polar surface area (TPSA) is 107 Å². The summed E-state index contributed by atoms with van der Waals surface area (Å²) in [6.45, 7) is 1.44. The van der Waals surface area contributed by atoms with Crippen molar-refractivity contribution >= 4 is 29.4 Å². The average molecular weight is 434 g/mol. The second-order valence-electron chi connectivity index (χ2n) is 6.69. The molecule has 0 spiro atoms. The van der Waals surface area contributed by atoms with Crippen LogP contribution in [0.4, 0.5) is 5.69 Å². The molecule has 1 heterocycles. The molecule has 0 unspecified atom stereocenters. The van der Waals surface area contributed by atoms with Crippen LogP contribution in [0.3, 0.4) is 0 Å². The molecule has 0 radical (unpaired) electrons. The fourth-order valence-corrected chi connectivity index (χ4v) is 2.87. The first-order valence-electron chi connectivity index (χ1n) is 9.62. The van der Waals surface area contributed by atoms with Gasteiger partial charge in [0, 0.05) is 11.3 Å². The maximum absolute atomic E-state index is 13.0. The highest BCUT2D eigenvalue weighted by Gasteiger charge is 2.17. The zero-order valence-electron chi connectivity index (χ0n) is 17.8. The third kappa shape index (κ3) is 5.42. The monoisotopic (exact) mass is 434 g/mol. The number of ketones is 1. The van der Waals surface area contributed by atoms with Gasteiger partial charge >= 0.3 is 0 Å². The van der Waals surface area contributed by atoms with E-state index in [2.05, 4.69) is 10.6 Å². The summed E-state index contributed by atoms with van der Waals surface area (Å²) in [6.07, 6.45) is 2.85. The number of nitrogens with one attached hydrogen (secondary N) is 2. The number of Topliss-reactive ketones (excluding diaryl/α,β-unsaturated/α-hetero) is 1. The molecule has 0 bridgehead atoms. The van der Waals surface area contributed by atoms with Crippen LogP contribution >= 0.6 is 0 Å².